The van der Waals surface area contributed by atoms with E-state index in [2.05, 4.69) is 12.2 Å². The van der Waals surface area contributed by atoms with E-state index in [1.54, 1.807) is 7.05 Å². The summed E-state index contributed by atoms with van der Waals surface area (Å²) in [6, 6.07) is 1.34. The fraction of sp³-hybridized carbons (Fsp3) is 0.583. The minimum Gasteiger partial charge on any atom is -0.348 e. The van der Waals surface area contributed by atoms with Gasteiger partial charge < -0.3 is 9.88 Å². The topological polar surface area (TPSA) is 68.2 Å². The number of amides is 1. The monoisotopic (exact) mass is 306 g/mol. The molecule has 1 aromatic heterocycles. The quantitative estimate of drug-likeness (QED) is 0.820. The van der Waals surface area contributed by atoms with Crippen LogP contribution in [0.2, 0.25) is 0 Å². The van der Waals surface area contributed by atoms with Gasteiger partial charge >= 0.3 is 0 Å². The minimum atomic E-state index is -3.81. The second-order valence-electron chi connectivity index (χ2n) is 4.63. The van der Waals surface area contributed by atoms with E-state index < -0.39 is 9.05 Å². The number of unbranched alkanes of at least 4 members (excludes halogenated alkanes) is 1. The first-order valence-corrected chi connectivity index (χ1v) is 8.48. The number of carbonyl (C=O) groups excluding carboxylic acids is 1. The molecule has 0 aliphatic rings. The van der Waals surface area contributed by atoms with E-state index in [0.717, 1.165) is 19.3 Å². The van der Waals surface area contributed by atoms with Gasteiger partial charge in [0.15, 0.2) is 0 Å². The standard InChI is InChI=1S/C12H19ClN2O3S/c1-4-5-6-9(2)14-12(16)11-7-10(8-15(11)3)19(13,17)18/h7-9H,4-6H2,1-3H3,(H,14,16). The maximum atomic E-state index is 12.0. The number of carbonyl (C=O) groups is 1. The Labute approximate surface area is 118 Å². The summed E-state index contributed by atoms with van der Waals surface area (Å²) in [6.45, 7) is 4.01. The summed E-state index contributed by atoms with van der Waals surface area (Å²) < 4.78 is 23.9. The summed E-state index contributed by atoms with van der Waals surface area (Å²) in [5.74, 6) is -0.294. The average Bonchev–Trinajstić information content (AvgIpc) is 2.68. The van der Waals surface area contributed by atoms with Gasteiger partial charge in [-0.2, -0.15) is 0 Å². The van der Waals surface area contributed by atoms with Crippen molar-refractivity contribution in [3.05, 3.63) is 18.0 Å². The Morgan fingerprint density at radius 2 is 2.16 bits per heavy atom. The summed E-state index contributed by atoms with van der Waals surface area (Å²) >= 11 is 0. The molecule has 1 heterocycles. The molecule has 1 atom stereocenters. The predicted molar refractivity (Wildman–Crippen MR) is 74.9 cm³/mol. The molecule has 1 rings (SSSR count). The zero-order chi connectivity index (χ0) is 14.6. The number of nitrogens with one attached hydrogen (secondary N) is 1. The molecular formula is C12H19ClN2O3S. The smallest absolute Gasteiger partial charge is 0.268 e. The molecule has 5 nitrogen and oxygen atoms in total. The van der Waals surface area contributed by atoms with Gasteiger partial charge in [-0.05, 0) is 19.4 Å². The number of nitrogens with zero attached hydrogens (tertiary/aromatic N) is 1. The van der Waals surface area contributed by atoms with Crippen LogP contribution in [0, 0.1) is 0 Å². The minimum absolute atomic E-state index is 0.0541. The van der Waals surface area contributed by atoms with Gasteiger partial charge in [0.25, 0.3) is 15.0 Å². The largest absolute Gasteiger partial charge is 0.348 e. The first-order valence-electron chi connectivity index (χ1n) is 6.17. The molecule has 0 bridgehead atoms. The molecular weight excluding hydrogens is 288 g/mol. The normalized spacial score (nSPS) is 13.3. The van der Waals surface area contributed by atoms with Crippen LogP contribution in [-0.4, -0.2) is 24.9 Å². The Hall–Kier alpha value is -1.01. The first kappa shape index (κ1) is 16.0. The van der Waals surface area contributed by atoms with E-state index >= 15 is 0 Å². The maximum Gasteiger partial charge on any atom is 0.268 e. The Morgan fingerprint density at radius 3 is 2.63 bits per heavy atom. The maximum absolute atomic E-state index is 12.0. The van der Waals surface area contributed by atoms with Gasteiger partial charge in [0.1, 0.15) is 10.6 Å². The van der Waals surface area contributed by atoms with E-state index in [-0.39, 0.29) is 22.5 Å². The molecule has 0 aliphatic carbocycles. The van der Waals surface area contributed by atoms with Crippen molar-refractivity contribution < 1.29 is 13.2 Å². The molecule has 1 N–H and O–H groups in total. The van der Waals surface area contributed by atoms with Gasteiger partial charge in [0, 0.05) is 30.0 Å². The Kier molecular flexibility index (Phi) is 5.43. The molecule has 0 saturated heterocycles. The van der Waals surface area contributed by atoms with Gasteiger partial charge in [0.05, 0.1) is 0 Å². The number of hydrogen-bond donors (Lipinski definition) is 1. The molecule has 0 fully saturated rings. The summed E-state index contributed by atoms with van der Waals surface area (Å²) in [5.41, 5.74) is 0.280. The van der Waals surface area contributed by atoms with E-state index in [0.29, 0.717) is 0 Å². The summed E-state index contributed by atoms with van der Waals surface area (Å²) in [4.78, 5) is 11.9. The van der Waals surface area contributed by atoms with Crippen molar-refractivity contribution in [2.24, 2.45) is 7.05 Å². The van der Waals surface area contributed by atoms with E-state index in [4.69, 9.17) is 10.7 Å². The van der Waals surface area contributed by atoms with Crippen LogP contribution in [-0.2, 0) is 16.1 Å². The summed E-state index contributed by atoms with van der Waals surface area (Å²) in [6.07, 6.45) is 4.33. The average molecular weight is 307 g/mol. The van der Waals surface area contributed by atoms with Crippen LogP contribution < -0.4 is 5.32 Å². The van der Waals surface area contributed by atoms with Crippen LogP contribution in [0.4, 0.5) is 0 Å². The molecule has 1 unspecified atom stereocenters. The number of aryl methyl sites for hydroxylation is 1. The Bertz CT molecular complexity index is 551. The van der Waals surface area contributed by atoms with Crippen LogP contribution in [0.5, 0.6) is 0 Å². The van der Waals surface area contributed by atoms with Crippen molar-refractivity contribution in [2.45, 2.75) is 44.0 Å². The third-order valence-electron chi connectivity index (χ3n) is 2.86. The fourth-order valence-corrected chi connectivity index (χ4v) is 2.56. The highest BCUT2D eigenvalue weighted by Crippen LogP contribution is 2.17. The van der Waals surface area contributed by atoms with Crippen LogP contribution in [0.15, 0.2) is 17.2 Å². The second-order valence-corrected chi connectivity index (χ2v) is 7.19. The van der Waals surface area contributed by atoms with Gasteiger partial charge in [0.2, 0.25) is 0 Å². The molecule has 0 saturated carbocycles. The number of rotatable bonds is 6. The third kappa shape index (κ3) is 4.54. The first-order chi connectivity index (χ1) is 8.75. The molecule has 0 radical (unpaired) electrons. The highest BCUT2D eigenvalue weighted by Gasteiger charge is 2.19. The summed E-state index contributed by atoms with van der Waals surface area (Å²) in [5, 5.41) is 2.84. The predicted octanol–water partition coefficient (Wildman–Crippen LogP) is 2.26. The third-order valence-corrected chi connectivity index (χ3v) is 4.18. The van der Waals surface area contributed by atoms with Gasteiger partial charge in [-0.3, -0.25) is 4.79 Å². The zero-order valence-electron chi connectivity index (χ0n) is 11.3. The fourth-order valence-electron chi connectivity index (χ4n) is 1.77. The van der Waals surface area contributed by atoms with Crippen molar-refractivity contribution in [3.63, 3.8) is 0 Å². The molecule has 108 valence electrons. The molecule has 0 aromatic carbocycles. The van der Waals surface area contributed by atoms with Crippen molar-refractivity contribution >= 4 is 25.6 Å². The highest BCUT2D eigenvalue weighted by molar-refractivity contribution is 8.13. The Balaban J connectivity index is 2.81. The number of halogens is 1. The zero-order valence-corrected chi connectivity index (χ0v) is 12.9. The van der Waals surface area contributed by atoms with Crippen molar-refractivity contribution in [1.29, 1.82) is 0 Å². The number of hydrogen-bond acceptors (Lipinski definition) is 3. The van der Waals surface area contributed by atoms with Crippen LogP contribution in [0.3, 0.4) is 0 Å². The molecule has 19 heavy (non-hydrogen) atoms. The van der Waals surface area contributed by atoms with Crippen LogP contribution in [0.25, 0.3) is 0 Å². The molecule has 0 aliphatic heterocycles. The second kappa shape index (κ2) is 6.43. The highest BCUT2D eigenvalue weighted by atomic mass is 35.7. The lowest BCUT2D eigenvalue weighted by atomic mass is 10.1. The lowest BCUT2D eigenvalue weighted by molar-refractivity contribution is 0.0929. The van der Waals surface area contributed by atoms with Gasteiger partial charge in [-0.1, -0.05) is 19.8 Å². The lowest BCUT2D eigenvalue weighted by Crippen LogP contribution is -2.33. The molecule has 0 spiro atoms. The van der Waals surface area contributed by atoms with E-state index in [1.807, 2.05) is 6.92 Å². The van der Waals surface area contributed by atoms with Gasteiger partial charge in [-0.25, -0.2) is 8.42 Å². The van der Waals surface area contributed by atoms with Crippen LogP contribution >= 0.6 is 10.7 Å². The van der Waals surface area contributed by atoms with Crippen molar-refractivity contribution in [3.8, 4) is 0 Å². The molecule has 7 heteroatoms. The molecule has 1 amide bonds. The Morgan fingerprint density at radius 1 is 1.53 bits per heavy atom. The van der Waals surface area contributed by atoms with E-state index in [9.17, 15) is 13.2 Å². The SMILES string of the molecule is CCCCC(C)NC(=O)c1cc(S(=O)(=O)Cl)cn1C. The lowest BCUT2D eigenvalue weighted by Gasteiger charge is -2.13. The van der Waals surface area contributed by atoms with Gasteiger partial charge in [-0.15, -0.1) is 0 Å². The summed E-state index contributed by atoms with van der Waals surface area (Å²) in [7, 11) is 3.05. The van der Waals surface area contributed by atoms with E-state index in [1.165, 1.54) is 16.8 Å². The van der Waals surface area contributed by atoms with Crippen molar-refractivity contribution in [2.75, 3.05) is 0 Å². The molecule has 1 aromatic rings. The number of aromatic nitrogens is 1. The van der Waals surface area contributed by atoms with Crippen LogP contribution in [0.1, 0.15) is 43.6 Å². The van der Waals surface area contributed by atoms with Crippen molar-refractivity contribution in [1.82, 2.24) is 9.88 Å².